The van der Waals surface area contributed by atoms with E-state index in [-0.39, 0.29) is 0 Å². The molecular formula is C16H26N2O2S. The summed E-state index contributed by atoms with van der Waals surface area (Å²) in [6.45, 7) is 7.82. The Bertz CT molecular complexity index is 421. The third kappa shape index (κ3) is 6.89. The second kappa shape index (κ2) is 9.71. The summed E-state index contributed by atoms with van der Waals surface area (Å²) < 4.78 is 10.9. The third-order valence-electron chi connectivity index (χ3n) is 3.31. The van der Waals surface area contributed by atoms with Crippen molar-refractivity contribution in [3.05, 3.63) is 29.8 Å². The van der Waals surface area contributed by atoms with Crippen LogP contribution < -0.4 is 10.5 Å². The fourth-order valence-electron chi connectivity index (χ4n) is 2.01. The lowest BCUT2D eigenvalue weighted by molar-refractivity contribution is 0.124. The van der Waals surface area contributed by atoms with Gasteiger partial charge in [-0.1, -0.05) is 12.2 Å². The molecule has 1 aromatic rings. The van der Waals surface area contributed by atoms with Gasteiger partial charge in [0, 0.05) is 31.8 Å². The number of hydrogen-bond donors (Lipinski definition) is 1. The van der Waals surface area contributed by atoms with Crippen molar-refractivity contribution in [1.82, 2.24) is 4.90 Å². The van der Waals surface area contributed by atoms with Crippen LogP contribution in [0.3, 0.4) is 0 Å². The first kappa shape index (κ1) is 17.9. The van der Waals surface area contributed by atoms with Crippen molar-refractivity contribution in [2.45, 2.75) is 26.3 Å². The van der Waals surface area contributed by atoms with Crippen LogP contribution >= 0.6 is 12.2 Å². The molecule has 0 aromatic heterocycles. The number of methoxy groups -OCH3 is 1. The molecule has 0 fully saturated rings. The van der Waals surface area contributed by atoms with E-state index in [0.29, 0.717) is 17.6 Å². The molecule has 0 saturated carbocycles. The van der Waals surface area contributed by atoms with Crippen molar-refractivity contribution in [2.75, 3.05) is 33.4 Å². The van der Waals surface area contributed by atoms with E-state index in [1.807, 2.05) is 24.3 Å². The molecule has 0 spiro atoms. The summed E-state index contributed by atoms with van der Waals surface area (Å²) in [5.74, 6) is 0.850. The summed E-state index contributed by atoms with van der Waals surface area (Å²) >= 11 is 4.92. The van der Waals surface area contributed by atoms with Crippen LogP contribution in [0.5, 0.6) is 5.75 Å². The van der Waals surface area contributed by atoms with Crippen LogP contribution in [0.15, 0.2) is 24.3 Å². The summed E-state index contributed by atoms with van der Waals surface area (Å²) in [6.07, 6.45) is 0.985. The monoisotopic (exact) mass is 310 g/mol. The Morgan fingerprint density at radius 3 is 2.38 bits per heavy atom. The number of nitrogens with two attached hydrogens (primary N) is 1. The Hall–Kier alpha value is -1.17. The molecule has 4 nitrogen and oxygen atoms in total. The van der Waals surface area contributed by atoms with E-state index in [0.717, 1.165) is 37.4 Å². The highest BCUT2D eigenvalue weighted by Gasteiger charge is 2.08. The van der Waals surface area contributed by atoms with E-state index in [2.05, 4.69) is 18.7 Å². The van der Waals surface area contributed by atoms with E-state index >= 15 is 0 Å². The number of rotatable bonds is 10. The molecule has 5 heteroatoms. The molecule has 1 aromatic carbocycles. The van der Waals surface area contributed by atoms with Crippen molar-refractivity contribution in [3.8, 4) is 5.75 Å². The second-order valence-corrected chi connectivity index (χ2v) is 5.65. The van der Waals surface area contributed by atoms with Gasteiger partial charge in [0.25, 0.3) is 0 Å². The fraction of sp³-hybridized carbons (Fsp3) is 0.562. The topological polar surface area (TPSA) is 47.7 Å². The zero-order valence-electron chi connectivity index (χ0n) is 13.2. The lowest BCUT2D eigenvalue weighted by Crippen LogP contribution is -2.35. The molecule has 21 heavy (non-hydrogen) atoms. The van der Waals surface area contributed by atoms with Crippen LogP contribution in [0, 0.1) is 0 Å². The van der Waals surface area contributed by atoms with Gasteiger partial charge in [-0.05, 0) is 44.5 Å². The van der Waals surface area contributed by atoms with Gasteiger partial charge in [0.15, 0.2) is 0 Å². The molecule has 0 aliphatic heterocycles. The zero-order chi connectivity index (χ0) is 15.7. The SMILES string of the molecule is COCCN(CCCOc1ccc(C(N)=S)cc1)C(C)C. The number of hydrogen-bond acceptors (Lipinski definition) is 4. The number of thiocarbonyl (C=S) groups is 1. The van der Waals surface area contributed by atoms with E-state index in [1.165, 1.54) is 0 Å². The van der Waals surface area contributed by atoms with Crippen LogP contribution in [0.2, 0.25) is 0 Å². The van der Waals surface area contributed by atoms with Crippen molar-refractivity contribution >= 4 is 17.2 Å². The maximum Gasteiger partial charge on any atom is 0.119 e. The lowest BCUT2D eigenvalue weighted by atomic mass is 10.2. The molecule has 0 amide bonds. The van der Waals surface area contributed by atoms with Crippen LogP contribution in [0.1, 0.15) is 25.8 Å². The normalized spacial score (nSPS) is 11.1. The highest BCUT2D eigenvalue weighted by Crippen LogP contribution is 2.12. The molecule has 0 atom stereocenters. The predicted molar refractivity (Wildman–Crippen MR) is 91.0 cm³/mol. The first-order valence-corrected chi connectivity index (χ1v) is 7.71. The summed E-state index contributed by atoms with van der Waals surface area (Å²) in [5, 5.41) is 0. The maximum absolute atomic E-state index is 5.73. The average Bonchev–Trinajstić information content (AvgIpc) is 2.46. The molecule has 118 valence electrons. The van der Waals surface area contributed by atoms with Crippen molar-refractivity contribution in [2.24, 2.45) is 5.73 Å². The minimum Gasteiger partial charge on any atom is -0.494 e. The van der Waals surface area contributed by atoms with E-state index in [9.17, 15) is 0 Å². The minimum absolute atomic E-state index is 0.410. The van der Waals surface area contributed by atoms with Crippen molar-refractivity contribution in [1.29, 1.82) is 0 Å². The fourth-order valence-corrected chi connectivity index (χ4v) is 2.15. The predicted octanol–water partition coefficient (Wildman–Crippen LogP) is 2.45. The molecule has 0 bridgehead atoms. The van der Waals surface area contributed by atoms with Gasteiger partial charge in [-0.25, -0.2) is 0 Å². The van der Waals surface area contributed by atoms with Gasteiger partial charge in [0.1, 0.15) is 10.7 Å². The van der Waals surface area contributed by atoms with Crippen molar-refractivity contribution in [3.63, 3.8) is 0 Å². The van der Waals surface area contributed by atoms with Gasteiger partial charge in [0.05, 0.1) is 13.2 Å². The highest BCUT2D eigenvalue weighted by molar-refractivity contribution is 7.80. The molecular weight excluding hydrogens is 284 g/mol. The van der Waals surface area contributed by atoms with Crippen LogP contribution in [0.25, 0.3) is 0 Å². The second-order valence-electron chi connectivity index (χ2n) is 5.21. The van der Waals surface area contributed by atoms with Crippen LogP contribution in [-0.2, 0) is 4.74 Å². The Kier molecular flexibility index (Phi) is 8.27. The lowest BCUT2D eigenvalue weighted by Gasteiger charge is -2.26. The van der Waals surface area contributed by atoms with Gasteiger partial charge in [-0.3, -0.25) is 4.90 Å². The Balaban J connectivity index is 2.30. The summed E-state index contributed by atoms with van der Waals surface area (Å²) in [4.78, 5) is 2.80. The van der Waals surface area contributed by atoms with Crippen LogP contribution in [-0.4, -0.2) is 49.3 Å². The Morgan fingerprint density at radius 1 is 1.19 bits per heavy atom. The van der Waals surface area contributed by atoms with Gasteiger partial charge in [-0.15, -0.1) is 0 Å². The summed E-state index contributed by atoms with van der Waals surface area (Å²) in [5.41, 5.74) is 6.43. The van der Waals surface area contributed by atoms with Gasteiger partial charge >= 0.3 is 0 Å². The summed E-state index contributed by atoms with van der Waals surface area (Å²) in [6, 6.07) is 8.09. The van der Waals surface area contributed by atoms with Crippen molar-refractivity contribution < 1.29 is 9.47 Å². The highest BCUT2D eigenvalue weighted by atomic mass is 32.1. The Labute approximate surface area is 133 Å². The smallest absolute Gasteiger partial charge is 0.119 e. The summed E-state index contributed by atoms with van der Waals surface area (Å²) in [7, 11) is 1.73. The first-order valence-electron chi connectivity index (χ1n) is 7.30. The minimum atomic E-state index is 0.410. The first-order chi connectivity index (χ1) is 10.0. The Morgan fingerprint density at radius 2 is 1.86 bits per heavy atom. The van der Waals surface area contributed by atoms with E-state index < -0.39 is 0 Å². The third-order valence-corrected chi connectivity index (χ3v) is 3.55. The molecule has 0 aliphatic rings. The number of ether oxygens (including phenoxy) is 2. The molecule has 0 unspecified atom stereocenters. The van der Waals surface area contributed by atoms with Gasteiger partial charge in [0.2, 0.25) is 0 Å². The molecule has 0 aliphatic carbocycles. The number of benzene rings is 1. The van der Waals surface area contributed by atoms with Gasteiger partial charge < -0.3 is 15.2 Å². The van der Waals surface area contributed by atoms with E-state index in [1.54, 1.807) is 7.11 Å². The molecule has 0 heterocycles. The molecule has 0 radical (unpaired) electrons. The molecule has 2 N–H and O–H groups in total. The average molecular weight is 310 g/mol. The molecule has 1 rings (SSSR count). The zero-order valence-corrected chi connectivity index (χ0v) is 14.0. The molecule has 0 saturated heterocycles. The standard InChI is InChI=1S/C16H26N2O2S/c1-13(2)18(10-12-19-3)9-4-11-20-15-7-5-14(6-8-15)16(17)21/h5-8,13H,4,9-12H2,1-3H3,(H2,17,21). The number of nitrogens with zero attached hydrogens (tertiary/aromatic N) is 1. The quantitative estimate of drug-likeness (QED) is 0.531. The maximum atomic E-state index is 5.73. The van der Waals surface area contributed by atoms with Crippen LogP contribution in [0.4, 0.5) is 0 Å². The largest absolute Gasteiger partial charge is 0.494 e. The van der Waals surface area contributed by atoms with Gasteiger partial charge in [-0.2, -0.15) is 0 Å². The van der Waals surface area contributed by atoms with E-state index in [4.69, 9.17) is 27.4 Å².